The van der Waals surface area contributed by atoms with Crippen LogP contribution >= 0.6 is 0 Å². The summed E-state index contributed by atoms with van der Waals surface area (Å²) in [6.07, 6.45) is 0.152. The fraction of sp³-hybridized carbons (Fsp3) is 0.500. The topological polar surface area (TPSA) is 137 Å². The summed E-state index contributed by atoms with van der Waals surface area (Å²) in [4.78, 5) is 35.6. The second-order valence-corrected chi connectivity index (χ2v) is 3.88. The molecule has 1 aromatic rings. The Morgan fingerprint density at radius 3 is 2.76 bits per heavy atom. The van der Waals surface area contributed by atoms with Gasteiger partial charge in [-0.25, -0.2) is 4.98 Å². The largest absolute Gasteiger partial charge is 1.00 e. The molecule has 0 spiro atoms. The molecular formula is C10H15N4NaO6. The molecule has 11 heteroatoms. The minimum absolute atomic E-state index is 0. The molecule has 1 atom stereocenters. The number of carbonyl (C=O) groups excluding carboxylic acids is 1. The number of carbonyl (C=O) groups is 2. The van der Waals surface area contributed by atoms with Crippen LogP contribution in [0.2, 0.25) is 0 Å². The molecule has 2 N–H and O–H groups in total. The van der Waals surface area contributed by atoms with E-state index in [2.05, 4.69) is 10.3 Å². The van der Waals surface area contributed by atoms with Crippen molar-refractivity contribution < 1.29 is 55.3 Å². The summed E-state index contributed by atoms with van der Waals surface area (Å²) in [5, 5.41) is 21.5. The van der Waals surface area contributed by atoms with Gasteiger partial charge in [0.1, 0.15) is 6.20 Å². The van der Waals surface area contributed by atoms with Gasteiger partial charge in [-0.15, -0.1) is 0 Å². The smallest absolute Gasteiger partial charge is 1.00 e. The first-order valence-electron chi connectivity index (χ1n) is 5.63. The maximum absolute atomic E-state index is 11.4. The van der Waals surface area contributed by atoms with Gasteiger partial charge < -0.3 is 21.4 Å². The number of hydrogen-bond donors (Lipinski definition) is 2. The van der Waals surface area contributed by atoms with Gasteiger partial charge in [0.15, 0.2) is 5.82 Å². The van der Waals surface area contributed by atoms with Crippen LogP contribution in [0, 0.1) is 17.0 Å². The summed E-state index contributed by atoms with van der Waals surface area (Å²) >= 11 is 0. The zero-order chi connectivity index (χ0) is 15.3. The maximum Gasteiger partial charge on any atom is 1.00 e. The third-order valence-electron chi connectivity index (χ3n) is 2.36. The molecule has 0 aliphatic rings. The van der Waals surface area contributed by atoms with E-state index in [1.54, 1.807) is 6.92 Å². The normalized spacial score (nSPS) is 11.3. The molecule has 1 unspecified atom stereocenters. The Balaban J connectivity index is 0. The van der Waals surface area contributed by atoms with Gasteiger partial charge in [-0.05, 0) is 4.92 Å². The van der Waals surface area contributed by atoms with Crippen molar-refractivity contribution in [2.45, 2.75) is 20.1 Å². The van der Waals surface area contributed by atoms with E-state index in [1.165, 1.54) is 6.92 Å². The van der Waals surface area contributed by atoms with E-state index in [4.69, 9.17) is 9.84 Å². The Labute approximate surface area is 143 Å². The van der Waals surface area contributed by atoms with E-state index in [1.807, 2.05) is 0 Å². The minimum atomic E-state index is -1.10. The number of imidazole rings is 1. The number of nitro groups is 1. The summed E-state index contributed by atoms with van der Waals surface area (Å²) in [6, 6.07) is 0. The van der Waals surface area contributed by atoms with E-state index in [0.717, 1.165) is 10.8 Å². The average molecular weight is 310 g/mol. The predicted molar refractivity (Wildman–Crippen MR) is 66.0 cm³/mol. The number of carboxylic acid groups (broad SMARTS) is 1. The molecule has 0 aliphatic carbocycles. The quantitative estimate of drug-likeness (QED) is 0.235. The molecule has 112 valence electrons. The second kappa shape index (κ2) is 8.72. The van der Waals surface area contributed by atoms with Crippen LogP contribution in [0.15, 0.2) is 6.20 Å². The number of aromatic nitrogens is 2. The van der Waals surface area contributed by atoms with Crippen LogP contribution in [-0.2, 0) is 14.3 Å². The fourth-order valence-electron chi connectivity index (χ4n) is 1.58. The van der Waals surface area contributed by atoms with Crippen LogP contribution in [0.3, 0.4) is 0 Å². The number of hydrogen-bond acceptors (Lipinski definition) is 7. The van der Waals surface area contributed by atoms with Crippen LogP contribution in [-0.4, -0.2) is 44.6 Å². The zero-order valence-corrected chi connectivity index (χ0v) is 13.9. The first kappa shape index (κ1) is 19.5. The molecule has 0 saturated carbocycles. The number of aryl methyl sites for hydroxylation is 1. The molecule has 0 aromatic carbocycles. The number of esters is 1. The first-order chi connectivity index (χ1) is 9.32. The van der Waals surface area contributed by atoms with Gasteiger partial charge in [0.2, 0.25) is 6.23 Å². The van der Waals surface area contributed by atoms with Crippen molar-refractivity contribution in [3.05, 3.63) is 22.1 Å². The molecule has 0 fully saturated rings. The van der Waals surface area contributed by atoms with Crippen molar-refractivity contribution in [1.82, 2.24) is 14.9 Å². The van der Waals surface area contributed by atoms with E-state index < -0.39 is 23.1 Å². The van der Waals surface area contributed by atoms with Crippen molar-refractivity contribution in [2.75, 3.05) is 13.1 Å². The van der Waals surface area contributed by atoms with E-state index in [0.29, 0.717) is 5.82 Å². The number of aliphatic carboxylic acids is 1. The maximum atomic E-state index is 11.4. The molecule has 10 nitrogen and oxygen atoms in total. The van der Waals surface area contributed by atoms with Crippen molar-refractivity contribution in [3.8, 4) is 0 Å². The third-order valence-corrected chi connectivity index (χ3v) is 2.36. The first-order valence-corrected chi connectivity index (χ1v) is 5.63. The van der Waals surface area contributed by atoms with Crippen LogP contribution < -0.4 is 34.9 Å². The second-order valence-electron chi connectivity index (χ2n) is 3.88. The van der Waals surface area contributed by atoms with Gasteiger partial charge in [0.05, 0.1) is 13.1 Å². The number of nitrogens with one attached hydrogen (secondary N) is 1. The van der Waals surface area contributed by atoms with Crippen LogP contribution in [0.5, 0.6) is 0 Å². The Kier molecular flexibility index (Phi) is 8.10. The molecule has 1 aromatic heterocycles. The molecule has 21 heavy (non-hydrogen) atoms. The van der Waals surface area contributed by atoms with Crippen LogP contribution in [0.25, 0.3) is 0 Å². The Hall–Kier alpha value is -1.49. The van der Waals surface area contributed by atoms with Gasteiger partial charge in [0, 0.05) is 13.8 Å². The van der Waals surface area contributed by atoms with Crippen LogP contribution in [0.1, 0.15) is 20.4 Å². The number of ether oxygens (including phenoxy) is 1. The molecule has 0 amide bonds. The van der Waals surface area contributed by atoms with Gasteiger partial charge >= 0.3 is 47.3 Å². The van der Waals surface area contributed by atoms with Crippen molar-refractivity contribution in [1.29, 1.82) is 0 Å². The van der Waals surface area contributed by atoms with E-state index in [9.17, 15) is 19.7 Å². The average Bonchev–Trinajstić information content (AvgIpc) is 2.70. The van der Waals surface area contributed by atoms with Gasteiger partial charge in [-0.1, -0.05) is 0 Å². The molecule has 1 heterocycles. The number of carboxylic acids is 1. The fourth-order valence-corrected chi connectivity index (χ4v) is 1.58. The number of nitrogens with zero attached hydrogens (tertiary/aromatic N) is 3. The molecule has 0 saturated heterocycles. The number of rotatable bonds is 7. The summed E-state index contributed by atoms with van der Waals surface area (Å²) in [7, 11) is 0. The Morgan fingerprint density at radius 1 is 1.62 bits per heavy atom. The Bertz CT molecular complexity index is 537. The SMILES string of the molecule is Cc1ncc([N+](=O)[O-])n1C(C)OC(=O)CNCC(=O)O.[H-].[Na+]. The molecule has 0 radical (unpaired) electrons. The Morgan fingerprint density at radius 2 is 2.24 bits per heavy atom. The van der Waals surface area contributed by atoms with Crippen molar-refractivity contribution >= 4 is 17.8 Å². The standard InChI is InChI=1S/C10H14N4O6.Na.H/c1-6-12-3-8(14(18)19)13(6)7(2)20-10(17)5-11-4-9(15)16;;/h3,7,11H,4-5H2,1-2H3,(H,15,16);;/q;+1;-1. The monoisotopic (exact) mass is 310 g/mol. The predicted octanol–water partition coefficient (Wildman–Crippen LogP) is -3.05. The van der Waals surface area contributed by atoms with E-state index >= 15 is 0 Å². The van der Waals surface area contributed by atoms with Crippen molar-refractivity contribution in [3.63, 3.8) is 0 Å². The van der Waals surface area contributed by atoms with Gasteiger partial charge in [-0.3, -0.25) is 14.9 Å². The molecule has 1 rings (SSSR count). The summed E-state index contributed by atoms with van der Waals surface area (Å²) in [5.41, 5.74) is 0. The molecule has 0 aliphatic heterocycles. The van der Waals surface area contributed by atoms with E-state index in [-0.39, 0.29) is 49.9 Å². The summed E-state index contributed by atoms with van der Waals surface area (Å²) in [6.45, 7) is 2.31. The van der Waals surface area contributed by atoms with Crippen LogP contribution in [0.4, 0.5) is 5.82 Å². The summed E-state index contributed by atoms with van der Waals surface area (Å²) in [5.74, 6) is -1.79. The van der Waals surface area contributed by atoms with Gasteiger partial charge in [-0.2, -0.15) is 4.57 Å². The minimum Gasteiger partial charge on any atom is -1.00 e. The molecular weight excluding hydrogens is 295 g/mol. The third kappa shape index (κ3) is 5.79. The molecule has 0 bridgehead atoms. The van der Waals surface area contributed by atoms with Crippen molar-refractivity contribution in [2.24, 2.45) is 0 Å². The zero-order valence-electron chi connectivity index (χ0n) is 12.9. The van der Waals surface area contributed by atoms with Gasteiger partial charge in [0.25, 0.3) is 0 Å². The summed E-state index contributed by atoms with van der Waals surface area (Å²) < 4.78 is 6.13.